The Hall–Kier alpha value is -3.07. The number of amidine groups is 1. The summed E-state index contributed by atoms with van der Waals surface area (Å²) in [4.78, 5) is 24.7. The maximum absolute atomic E-state index is 12.9. The lowest BCUT2D eigenvalue weighted by Crippen LogP contribution is -2.62. The number of ether oxygens (including phenoxy) is 1. The van der Waals surface area contributed by atoms with Gasteiger partial charge in [-0.1, -0.05) is 0 Å². The maximum atomic E-state index is 12.9. The molecule has 2 heterocycles. The highest BCUT2D eigenvalue weighted by Crippen LogP contribution is 2.58. The Morgan fingerprint density at radius 1 is 1.18 bits per heavy atom. The van der Waals surface area contributed by atoms with Crippen LogP contribution in [0.3, 0.4) is 0 Å². The van der Waals surface area contributed by atoms with E-state index >= 15 is 0 Å². The van der Waals surface area contributed by atoms with Gasteiger partial charge in [-0.25, -0.2) is 9.78 Å². The van der Waals surface area contributed by atoms with Crippen LogP contribution < -0.4 is 16.4 Å². The lowest BCUT2D eigenvalue weighted by Gasteiger charge is -2.58. The van der Waals surface area contributed by atoms with E-state index < -0.39 is 29.0 Å². The number of carbonyl (C=O) groups excluding carboxylic acids is 1. The summed E-state index contributed by atoms with van der Waals surface area (Å²) in [6.45, 7) is 4.14. The molecule has 3 unspecified atom stereocenters. The molecule has 12 heteroatoms. The lowest BCUT2D eigenvalue weighted by molar-refractivity contribution is -0.137. The van der Waals surface area contributed by atoms with Crippen LogP contribution in [-0.2, 0) is 10.9 Å². The van der Waals surface area contributed by atoms with Gasteiger partial charge in [0.05, 0.1) is 29.6 Å². The molecular weight excluding hydrogens is 499 g/mol. The van der Waals surface area contributed by atoms with Crippen LogP contribution in [0.5, 0.6) is 0 Å². The fraction of sp³-hybridized carbons (Fsp3) is 0.692. The summed E-state index contributed by atoms with van der Waals surface area (Å²) in [5.41, 5.74) is 10.0. The van der Waals surface area contributed by atoms with Crippen LogP contribution >= 0.6 is 0 Å². The Morgan fingerprint density at radius 2 is 1.84 bits per heavy atom. The number of hydrogen-bond acceptors (Lipinski definition) is 7. The third-order valence-electron chi connectivity index (χ3n) is 9.12. The van der Waals surface area contributed by atoms with Gasteiger partial charge in [0.2, 0.25) is 0 Å². The molecule has 4 bridgehead atoms. The van der Waals surface area contributed by atoms with Gasteiger partial charge in [-0.15, -0.1) is 0 Å². The first-order valence-corrected chi connectivity index (χ1v) is 13.1. The Labute approximate surface area is 220 Å². The molecular formula is C26H34F3N7O2. The molecule has 4 saturated carbocycles. The standard InChI is InChI=1S/C26H34F3N7O2/c1-24(4-5-30,36-8-6-35(7-9-36)20-3-2-19(15-33-20)26(27,28)29)22(31)34-21-17-10-16-11-18(21)14-25(12-16,13-17)38-23(32)37/h2-3,15-18,21H,4,6-14H2,1H3,(H2,31,34)(H2,32,37). The molecule has 4 aliphatic carbocycles. The van der Waals surface area contributed by atoms with E-state index in [1.54, 1.807) is 0 Å². The van der Waals surface area contributed by atoms with Crippen molar-refractivity contribution >= 4 is 17.7 Å². The third kappa shape index (κ3) is 4.88. The zero-order valence-corrected chi connectivity index (χ0v) is 21.5. The number of anilines is 1. The van der Waals surface area contributed by atoms with Crippen LogP contribution in [0, 0.1) is 29.1 Å². The van der Waals surface area contributed by atoms with Crippen molar-refractivity contribution in [3.8, 4) is 6.07 Å². The van der Waals surface area contributed by atoms with E-state index in [-0.39, 0.29) is 24.3 Å². The van der Waals surface area contributed by atoms with E-state index in [0.717, 1.165) is 44.4 Å². The van der Waals surface area contributed by atoms with E-state index in [0.29, 0.717) is 43.8 Å². The SMILES string of the molecule is CC(CC#N)(C(N)=NC1C2CC3CC1CC(OC(N)=O)(C3)C2)N1CCN(c2ccc(C(F)(F)F)cn2)CC1. The molecule has 4 N–H and O–H groups in total. The minimum Gasteiger partial charge on any atom is -0.443 e. The largest absolute Gasteiger partial charge is 0.443 e. The normalized spacial score (nSPS) is 33.0. The highest BCUT2D eigenvalue weighted by molar-refractivity contribution is 5.90. The van der Waals surface area contributed by atoms with Gasteiger partial charge < -0.3 is 21.1 Å². The van der Waals surface area contributed by atoms with Crippen molar-refractivity contribution in [2.45, 2.75) is 68.8 Å². The number of alkyl halides is 3. The summed E-state index contributed by atoms with van der Waals surface area (Å²) in [5.74, 6) is 1.93. The predicted octanol–water partition coefficient (Wildman–Crippen LogP) is 3.29. The fourth-order valence-corrected chi connectivity index (χ4v) is 7.46. The van der Waals surface area contributed by atoms with Crippen LogP contribution in [0.25, 0.3) is 0 Å². The van der Waals surface area contributed by atoms with Gasteiger partial charge in [0, 0.05) is 32.4 Å². The van der Waals surface area contributed by atoms with E-state index in [1.165, 1.54) is 6.07 Å². The van der Waals surface area contributed by atoms with E-state index in [9.17, 15) is 23.2 Å². The summed E-state index contributed by atoms with van der Waals surface area (Å²) < 4.78 is 44.3. The van der Waals surface area contributed by atoms with Crippen molar-refractivity contribution in [3.05, 3.63) is 23.9 Å². The molecule has 1 amide bonds. The van der Waals surface area contributed by atoms with Crippen molar-refractivity contribution < 1.29 is 22.7 Å². The Morgan fingerprint density at radius 3 is 2.37 bits per heavy atom. The number of primary amides is 1. The highest BCUT2D eigenvalue weighted by Gasteiger charge is 2.57. The van der Waals surface area contributed by atoms with Crippen LogP contribution in [-0.4, -0.2) is 65.2 Å². The number of amides is 1. The molecule has 1 aliphatic heterocycles. The lowest BCUT2D eigenvalue weighted by atomic mass is 9.52. The minimum atomic E-state index is -4.42. The molecule has 1 saturated heterocycles. The zero-order valence-electron chi connectivity index (χ0n) is 21.5. The molecule has 3 atom stereocenters. The number of aliphatic imine (C=N–C) groups is 1. The summed E-state index contributed by atoms with van der Waals surface area (Å²) in [7, 11) is 0. The minimum absolute atomic E-state index is 0.0202. The molecule has 1 aromatic rings. The van der Waals surface area contributed by atoms with Gasteiger partial charge in [-0.2, -0.15) is 18.4 Å². The van der Waals surface area contributed by atoms with Gasteiger partial charge in [0.15, 0.2) is 0 Å². The molecule has 0 spiro atoms. The number of nitrogens with two attached hydrogens (primary N) is 2. The van der Waals surface area contributed by atoms with Crippen molar-refractivity contribution in [1.29, 1.82) is 5.26 Å². The molecule has 5 aliphatic rings. The molecule has 5 fully saturated rings. The smallest absolute Gasteiger partial charge is 0.417 e. The topological polar surface area (TPSA) is 134 Å². The fourth-order valence-electron chi connectivity index (χ4n) is 7.46. The summed E-state index contributed by atoms with van der Waals surface area (Å²) in [6, 6.07) is 4.73. The second-order valence-electron chi connectivity index (χ2n) is 11.6. The first-order chi connectivity index (χ1) is 17.9. The number of piperazine rings is 1. The number of pyridine rings is 1. The predicted molar refractivity (Wildman–Crippen MR) is 134 cm³/mol. The molecule has 38 heavy (non-hydrogen) atoms. The quantitative estimate of drug-likeness (QED) is 0.423. The highest BCUT2D eigenvalue weighted by atomic mass is 19.4. The Balaban J connectivity index is 1.28. The molecule has 0 aromatic carbocycles. The van der Waals surface area contributed by atoms with Crippen LogP contribution in [0.15, 0.2) is 23.3 Å². The molecule has 206 valence electrons. The molecule has 1 aromatic heterocycles. The van der Waals surface area contributed by atoms with Gasteiger partial charge in [0.1, 0.15) is 17.3 Å². The Kier molecular flexibility index (Phi) is 6.70. The second kappa shape index (κ2) is 9.59. The third-order valence-corrected chi connectivity index (χ3v) is 9.12. The molecule has 0 radical (unpaired) electrons. The average Bonchev–Trinajstić information content (AvgIpc) is 2.84. The number of halogens is 3. The number of nitrogens with zero attached hydrogens (tertiary/aromatic N) is 5. The summed E-state index contributed by atoms with van der Waals surface area (Å²) in [5, 5.41) is 9.67. The number of carbonyl (C=O) groups is 1. The number of rotatable bonds is 6. The summed E-state index contributed by atoms with van der Waals surface area (Å²) in [6.07, 6.45) is 0.252. The van der Waals surface area contributed by atoms with Gasteiger partial charge in [0.25, 0.3) is 0 Å². The van der Waals surface area contributed by atoms with E-state index in [1.807, 2.05) is 11.8 Å². The molecule has 6 rings (SSSR count). The van der Waals surface area contributed by atoms with Crippen molar-refractivity contribution in [1.82, 2.24) is 9.88 Å². The van der Waals surface area contributed by atoms with Gasteiger partial charge >= 0.3 is 12.3 Å². The van der Waals surface area contributed by atoms with Crippen molar-refractivity contribution in [3.63, 3.8) is 0 Å². The first kappa shape index (κ1) is 26.5. The summed E-state index contributed by atoms with van der Waals surface area (Å²) >= 11 is 0. The van der Waals surface area contributed by atoms with Crippen molar-refractivity contribution in [2.75, 3.05) is 31.1 Å². The van der Waals surface area contributed by atoms with Crippen LogP contribution in [0.1, 0.15) is 51.0 Å². The average molecular weight is 534 g/mol. The van der Waals surface area contributed by atoms with Crippen molar-refractivity contribution in [2.24, 2.45) is 34.2 Å². The first-order valence-electron chi connectivity index (χ1n) is 13.1. The van der Waals surface area contributed by atoms with Gasteiger partial charge in [-0.05, 0) is 68.9 Å². The second-order valence-corrected chi connectivity index (χ2v) is 11.6. The zero-order chi connectivity index (χ0) is 27.3. The van der Waals surface area contributed by atoms with Gasteiger partial charge in [-0.3, -0.25) is 9.89 Å². The molecule has 9 nitrogen and oxygen atoms in total. The van der Waals surface area contributed by atoms with Crippen LogP contribution in [0.4, 0.5) is 23.8 Å². The Bertz CT molecular complexity index is 1110. The monoisotopic (exact) mass is 533 g/mol. The maximum Gasteiger partial charge on any atom is 0.417 e. The number of aromatic nitrogens is 1. The van der Waals surface area contributed by atoms with E-state index in [4.69, 9.17) is 21.2 Å². The van der Waals surface area contributed by atoms with Crippen LogP contribution in [0.2, 0.25) is 0 Å². The number of hydrogen-bond donors (Lipinski definition) is 2. The number of nitriles is 1. The van der Waals surface area contributed by atoms with E-state index in [2.05, 4.69) is 16.0 Å².